The fourth-order valence-corrected chi connectivity index (χ4v) is 3.53. The Labute approximate surface area is 98.0 Å². The van der Waals surface area contributed by atoms with Crippen LogP contribution >= 0.6 is 0 Å². The van der Waals surface area contributed by atoms with Crippen LogP contribution in [0.1, 0.15) is 40.0 Å². The zero-order valence-electron chi connectivity index (χ0n) is 10.3. The highest BCUT2D eigenvalue weighted by Crippen LogP contribution is 2.66. The van der Waals surface area contributed by atoms with E-state index < -0.39 is 5.41 Å². The Morgan fingerprint density at radius 1 is 1.25 bits per heavy atom. The molecule has 0 spiro atoms. The molecule has 84 valence electrons. The van der Waals surface area contributed by atoms with E-state index in [-0.39, 0.29) is 22.5 Å². The number of carbonyl (C=O) groups excluding carboxylic acids is 1. The van der Waals surface area contributed by atoms with Gasteiger partial charge in [0.1, 0.15) is 0 Å². The molecule has 2 rings (SSSR count). The summed E-state index contributed by atoms with van der Waals surface area (Å²) in [7, 11) is 0. The van der Waals surface area contributed by atoms with Crippen LogP contribution in [0.2, 0.25) is 0 Å². The second-order valence-corrected chi connectivity index (χ2v) is 6.38. The molecule has 0 aromatic rings. The Bertz CT molecular complexity index is 431. The predicted octanol–water partition coefficient (Wildman–Crippen LogP) is 2.65. The normalized spacial score (nSPS) is 44.8. The van der Waals surface area contributed by atoms with Crippen LogP contribution in [0.15, 0.2) is 0 Å². The van der Waals surface area contributed by atoms with Crippen molar-refractivity contribution in [3.8, 4) is 24.7 Å². The number of rotatable bonds is 0. The summed E-state index contributed by atoms with van der Waals surface area (Å²) < 4.78 is 0. The quantitative estimate of drug-likeness (QED) is 0.567. The SMILES string of the molecule is C#CC1(C)CC2(C#C)C(=O)CC(C)(C)CC12. The molecule has 1 nitrogen and oxygen atoms in total. The molecule has 0 saturated heterocycles. The van der Waals surface area contributed by atoms with Gasteiger partial charge in [0, 0.05) is 11.8 Å². The summed E-state index contributed by atoms with van der Waals surface area (Å²) >= 11 is 0. The maximum atomic E-state index is 12.2. The number of terminal acetylenes is 2. The highest BCUT2D eigenvalue weighted by atomic mass is 16.1. The van der Waals surface area contributed by atoms with Gasteiger partial charge in [-0.15, -0.1) is 12.8 Å². The van der Waals surface area contributed by atoms with Gasteiger partial charge in [-0.25, -0.2) is 0 Å². The lowest BCUT2D eigenvalue weighted by Gasteiger charge is -2.61. The Balaban J connectivity index is 2.41. The summed E-state index contributed by atoms with van der Waals surface area (Å²) in [5.41, 5.74) is -0.684. The van der Waals surface area contributed by atoms with Crippen LogP contribution in [0.4, 0.5) is 0 Å². The van der Waals surface area contributed by atoms with E-state index in [0.29, 0.717) is 12.8 Å². The maximum Gasteiger partial charge on any atom is 0.151 e. The summed E-state index contributed by atoms with van der Waals surface area (Å²) in [5.74, 6) is 5.99. The second-order valence-electron chi connectivity index (χ2n) is 6.38. The molecule has 0 aliphatic heterocycles. The van der Waals surface area contributed by atoms with Gasteiger partial charge in [-0.05, 0) is 31.1 Å². The molecule has 2 saturated carbocycles. The van der Waals surface area contributed by atoms with Crippen LogP contribution in [0, 0.1) is 46.9 Å². The summed E-state index contributed by atoms with van der Waals surface area (Å²) in [6, 6.07) is 0. The van der Waals surface area contributed by atoms with Crippen molar-refractivity contribution < 1.29 is 4.79 Å². The maximum absolute atomic E-state index is 12.2. The van der Waals surface area contributed by atoms with E-state index in [2.05, 4.69) is 32.6 Å². The average Bonchev–Trinajstić information content (AvgIpc) is 2.20. The number of hydrogen-bond acceptors (Lipinski definition) is 1. The molecule has 0 N–H and O–H groups in total. The fourth-order valence-electron chi connectivity index (χ4n) is 3.53. The number of Topliss-reactive ketones (excluding diaryl/α,β-unsaturated/α-hetero) is 1. The first kappa shape index (κ1) is 11.3. The predicted molar refractivity (Wildman–Crippen MR) is 64.3 cm³/mol. The summed E-state index contributed by atoms with van der Waals surface area (Å²) in [6.45, 7) is 6.31. The van der Waals surface area contributed by atoms with Crippen molar-refractivity contribution in [3.05, 3.63) is 0 Å². The van der Waals surface area contributed by atoms with E-state index in [0.717, 1.165) is 6.42 Å². The highest BCUT2D eigenvalue weighted by molar-refractivity contribution is 5.91. The van der Waals surface area contributed by atoms with Gasteiger partial charge in [-0.1, -0.05) is 25.7 Å². The summed E-state index contributed by atoms with van der Waals surface area (Å²) in [6.07, 6.45) is 13.4. The molecule has 0 bridgehead atoms. The lowest BCUT2D eigenvalue weighted by molar-refractivity contribution is -0.158. The highest BCUT2D eigenvalue weighted by Gasteiger charge is 2.66. The minimum absolute atomic E-state index is 0.0423. The third-order valence-corrected chi connectivity index (χ3v) is 4.49. The molecular weight excluding hydrogens is 196 g/mol. The van der Waals surface area contributed by atoms with E-state index in [1.54, 1.807) is 0 Å². The third kappa shape index (κ3) is 1.18. The zero-order valence-corrected chi connectivity index (χ0v) is 10.3. The Morgan fingerprint density at radius 3 is 2.38 bits per heavy atom. The number of ketones is 1. The molecule has 2 aliphatic carbocycles. The van der Waals surface area contributed by atoms with Crippen molar-refractivity contribution >= 4 is 5.78 Å². The molecule has 0 radical (unpaired) electrons. The van der Waals surface area contributed by atoms with Crippen molar-refractivity contribution in [1.29, 1.82) is 0 Å². The van der Waals surface area contributed by atoms with E-state index in [1.807, 2.05) is 0 Å². The number of fused-ring (bicyclic) bond motifs is 1. The average molecular weight is 214 g/mol. The van der Waals surface area contributed by atoms with Gasteiger partial charge in [-0.3, -0.25) is 4.79 Å². The summed E-state index contributed by atoms with van der Waals surface area (Å²) in [4.78, 5) is 12.2. The first-order valence-electron chi connectivity index (χ1n) is 5.78. The van der Waals surface area contributed by atoms with Crippen LogP contribution < -0.4 is 0 Å². The van der Waals surface area contributed by atoms with Crippen molar-refractivity contribution in [2.75, 3.05) is 0 Å². The van der Waals surface area contributed by atoms with Crippen molar-refractivity contribution in [2.45, 2.75) is 40.0 Å². The molecular formula is C15H18O. The van der Waals surface area contributed by atoms with Gasteiger partial charge in [-0.2, -0.15) is 0 Å². The Hall–Kier alpha value is -1.21. The van der Waals surface area contributed by atoms with E-state index in [4.69, 9.17) is 12.8 Å². The third-order valence-electron chi connectivity index (χ3n) is 4.49. The van der Waals surface area contributed by atoms with Gasteiger partial charge in [0.2, 0.25) is 0 Å². The van der Waals surface area contributed by atoms with Gasteiger partial charge < -0.3 is 0 Å². The monoisotopic (exact) mass is 214 g/mol. The zero-order chi connectivity index (χ0) is 12.2. The topological polar surface area (TPSA) is 17.1 Å². The molecule has 1 heteroatoms. The minimum atomic E-state index is -0.545. The lowest BCUT2D eigenvalue weighted by atomic mass is 9.39. The van der Waals surface area contributed by atoms with Crippen molar-refractivity contribution in [1.82, 2.24) is 0 Å². The van der Waals surface area contributed by atoms with Gasteiger partial charge >= 0.3 is 0 Å². The fraction of sp³-hybridized carbons (Fsp3) is 0.667. The molecule has 0 aromatic heterocycles. The van der Waals surface area contributed by atoms with Crippen LogP contribution in [0.25, 0.3) is 0 Å². The van der Waals surface area contributed by atoms with Crippen LogP contribution in [-0.4, -0.2) is 5.78 Å². The first-order chi connectivity index (χ1) is 7.30. The standard InChI is InChI=1S/C15H18O/c1-6-14(5)10-15(7-2)11(14)8-13(3,4)9-12(15)16/h1-2,11H,8-10H2,3-5H3. The van der Waals surface area contributed by atoms with Gasteiger partial charge in [0.25, 0.3) is 0 Å². The number of carbonyl (C=O) groups is 1. The minimum Gasteiger partial charge on any atom is -0.298 e. The largest absolute Gasteiger partial charge is 0.298 e. The molecule has 0 aromatic carbocycles. The van der Waals surface area contributed by atoms with Crippen LogP contribution in [-0.2, 0) is 4.79 Å². The smallest absolute Gasteiger partial charge is 0.151 e. The Kier molecular flexibility index (Phi) is 2.06. The number of hydrogen-bond donors (Lipinski definition) is 0. The molecule has 16 heavy (non-hydrogen) atoms. The van der Waals surface area contributed by atoms with E-state index in [9.17, 15) is 4.79 Å². The van der Waals surface area contributed by atoms with Gasteiger partial charge in [0.15, 0.2) is 5.78 Å². The molecule has 3 atom stereocenters. The van der Waals surface area contributed by atoms with Crippen molar-refractivity contribution in [3.63, 3.8) is 0 Å². The van der Waals surface area contributed by atoms with Crippen molar-refractivity contribution in [2.24, 2.45) is 22.2 Å². The van der Waals surface area contributed by atoms with Gasteiger partial charge in [0.05, 0.1) is 5.41 Å². The molecule has 0 amide bonds. The van der Waals surface area contributed by atoms with Crippen LogP contribution in [0.5, 0.6) is 0 Å². The van der Waals surface area contributed by atoms with Crippen LogP contribution in [0.3, 0.4) is 0 Å². The summed E-state index contributed by atoms with van der Waals surface area (Å²) in [5, 5.41) is 0. The molecule has 0 heterocycles. The lowest BCUT2D eigenvalue weighted by Crippen LogP contribution is -2.62. The second kappa shape index (κ2) is 2.92. The van der Waals surface area contributed by atoms with E-state index >= 15 is 0 Å². The van der Waals surface area contributed by atoms with E-state index in [1.165, 1.54) is 0 Å². The molecule has 3 unspecified atom stereocenters. The Morgan fingerprint density at radius 2 is 1.88 bits per heavy atom. The molecule has 2 aliphatic rings. The molecule has 2 fully saturated rings. The first-order valence-corrected chi connectivity index (χ1v) is 5.78.